The van der Waals surface area contributed by atoms with Crippen molar-refractivity contribution in [2.45, 2.75) is 51.9 Å². The molecule has 1 aliphatic rings. The minimum atomic E-state index is 0.708. The Morgan fingerprint density at radius 3 is 2.74 bits per heavy atom. The quantitative estimate of drug-likeness (QED) is 0.890. The summed E-state index contributed by atoms with van der Waals surface area (Å²) in [4.78, 5) is 6.80. The molecule has 0 spiro atoms. The Balaban J connectivity index is 1.60. The van der Waals surface area contributed by atoms with Crippen molar-refractivity contribution in [1.82, 2.24) is 19.8 Å². The first-order valence-electron chi connectivity index (χ1n) is 8.71. The van der Waals surface area contributed by atoms with Gasteiger partial charge in [0.05, 0.1) is 12.0 Å². The molecule has 0 bridgehead atoms. The van der Waals surface area contributed by atoms with E-state index in [0.29, 0.717) is 6.04 Å². The van der Waals surface area contributed by atoms with Crippen LogP contribution >= 0.6 is 0 Å². The molecule has 124 valence electrons. The molecule has 0 saturated carbocycles. The fourth-order valence-electron chi connectivity index (χ4n) is 3.38. The van der Waals surface area contributed by atoms with Crippen LogP contribution in [0, 0.1) is 0 Å². The monoisotopic (exact) mass is 312 g/mol. The van der Waals surface area contributed by atoms with Gasteiger partial charge in [-0.1, -0.05) is 30.7 Å². The molecule has 1 aromatic carbocycles. The maximum absolute atomic E-state index is 4.17. The number of nitrogens with zero attached hydrogens (tertiary/aromatic N) is 3. The molecule has 1 N–H and O–H groups in total. The number of likely N-dealkylation sites (tertiary alicyclic amines) is 1. The number of imidazole rings is 1. The summed E-state index contributed by atoms with van der Waals surface area (Å²) in [7, 11) is 2.04. The lowest BCUT2D eigenvalue weighted by atomic mass is 10.0. The van der Waals surface area contributed by atoms with Gasteiger partial charge in [0.2, 0.25) is 0 Å². The van der Waals surface area contributed by atoms with Crippen molar-refractivity contribution in [3.05, 3.63) is 53.6 Å². The number of hydrogen-bond acceptors (Lipinski definition) is 3. The highest BCUT2D eigenvalue weighted by Gasteiger charge is 2.18. The van der Waals surface area contributed by atoms with Crippen LogP contribution in [0.4, 0.5) is 0 Å². The molecule has 1 atom stereocenters. The van der Waals surface area contributed by atoms with Gasteiger partial charge >= 0.3 is 0 Å². The molecule has 0 aliphatic carbocycles. The van der Waals surface area contributed by atoms with E-state index in [1.54, 1.807) is 0 Å². The van der Waals surface area contributed by atoms with Crippen LogP contribution in [-0.2, 0) is 26.7 Å². The molecule has 0 amide bonds. The molecule has 3 rings (SSSR count). The summed E-state index contributed by atoms with van der Waals surface area (Å²) in [6.07, 6.45) is 7.83. The number of aromatic nitrogens is 2. The normalized spacial score (nSPS) is 19.1. The largest absolute Gasteiger partial charge is 0.337 e. The summed E-state index contributed by atoms with van der Waals surface area (Å²) in [5.74, 6) is 0. The van der Waals surface area contributed by atoms with E-state index in [9.17, 15) is 0 Å². The van der Waals surface area contributed by atoms with E-state index in [-0.39, 0.29) is 0 Å². The molecule has 0 radical (unpaired) electrons. The summed E-state index contributed by atoms with van der Waals surface area (Å²) in [6.45, 7) is 6.43. The SMILES string of the molecule is C[C@@H]1CCCCN1Cc1ccccc1CNCc1cncn1C. The van der Waals surface area contributed by atoms with Gasteiger partial charge in [0.15, 0.2) is 0 Å². The van der Waals surface area contributed by atoms with Crippen LogP contribution in [0.1, 0.15) is 43.0 Å². The van der Waals surface area contributed by atoms with Gasteiger partial charge in [0.1, 0.15) is 0 Å². The molecule has 1 saturated heterocycles. The molecule has 0 unspecified atom stereocenters. The molecule has 4 heteroatoms. The summed E-state index contributed by atoms with van der Waals surface area (Å²) in [5, 5.41) is 3.55. The number of aryl methyl sites for hydroxylation is 1. The molecule has 1 aromatic heterocycles. The van der Waals surface area contributed by atoms with Crippen molar-refractivity contribution in [3.8, 4) is 0 Å². The van der Waals surface area contributed by atoms with E-state index in [1.807, 2.05) is 19.6 Å². The van der Waals surface area contributed by atoms with Gasteiger partial charge in [-0.2, -0.15) is 0 Å². The van der Waals surface area contributed by atoms with Crippen LogP contribution in [0.3, 0.4) is 0 Å². The maximum atomic E-state index is 4.17. The lowest BCUT2D eigenvalue weighted by molar-refractivity contribution is 0.152. The summed E-state index contributed by atoms with van der Waals surface area (Å²) in [6, 6.07) is 9.54. The van der Waals surface area contributed by atoms with Crippen molar-refractivity contribution >= 4 is 0 Å². The summed E-state index contributed by atoms with van der Waals surface area (Å²) >= 11 is 0. The summed E-state index contributed by atoms with van der Waals surface area (Å²) < 4.78 is 2.06. The highest BCUT2D eigenvalue weighted by Crippen LogP contribution is 2.20. The Bertz CT molecular complexity index is 619. The standard InChI is InChI=1S/C19H28N4/c1-16-7-5-6-10-23(16)14-18-9-4-3-8-17(18)11-20-12-19-13-21-15-22(19)2/h3-4,8-9,13,15-16,20H,5-7,10-12,14H2,1-2H3/t16-/m1/s1. The van der Waals surface area contributed by atoms with Gasteiger partial charge in [-0.05, 0) is 37.4 Å². The van der Waals surface area contributed by atoms with Crippen LogP contribution in [0.5, 0.6) is 0 Å². The Kier molecular flexibility index (Phi) is 5.47. The van der Waals surface area contributed by atoms with Crippen LogP contribution in [0.2, 0.25) is 0 Å². The zero-order valence-electron chi connectivity index (χ0n) is 14.3. The molecular formula is C19H28N4. The third kappa shape index (κ3) is 4.21. The second-order valence-corrected chi connectivity index (χ2v) is 6.68. The van der Waals surface area contributed by atoms with Gasteiger partial charge in [0.25, 0.3) is 0 Å². The van der Waals surface area contributed by atoms with Gasteiger partial charge in [-0.15, -0.1) is 0 Å². The predicted octanol–water partition coefficient (Wildman–Crippen LogP) is 3.08. The van der Waals surface area contributed by atoms with E-state index in [4.69, 9.17) is 0 Å². The van der Waals surface area contributed by atoms with Crippen molar-refractivity contribution in [3.63, 3.8) is 0 Å². The van der Waals surface area contributed by atoms with E-state index in [0.717, 1.165) is 19.6 Å². The Hall–Kier alpha value is -1.65. The van der Waals surface area contributed by atoms with E-state index in [2.05, 4.69) is 51.0 Å². The van der Waals surface area contributed by atoms with E-state index >= 15 is 0 Å². The Labute approximate surface area is 139 Å². The number of hydrogen-bond donors (Lipinski definition) is 1. The zero-order chi connectivity index (χ0) is 16.1. The Morgan fingerprint density at radius 1 is 1.17 bits per heavy atom. The molecule has 1 fully saturated rings. The van der Waals surface area contributed by atoms with Gasteiger partial charge in [-0.25, -0.2) is 4.98 Å². The maximum Gasteiger partial charge on any atom is 0.0945 e. The number of nitrogens with one attached hydrogen (secondary N) is 1. The lowest BCUT2D eigenvalue weighted by Crippen LogP contribution is -2.37. The Morgan fingerprint density at radius 2 is 2.00 bits per heavy atom. The van der Waals surface area contributed by atoms with Gasteiger partial charge in [-0.3, -0.25) is 4.90 Å². The molecule has 2 heterocycles. The summed E-state index contributed by atoms with van der Waals surface area (Å²) in [5.41, 5.74) is 4.08. The topological polar surface area (TPSA) is 33.1 Å². The fourth-order valence-corrected chi connectivity index (χ4v) is 3.38. The van der Waals surface area contributed by atoms with Crippen molar-refractivity contribution < 1.29 is 0 Å². The van der Waals surface area contributed by atoms with Crippen LogP contribution in [0.15, 0.2) is 36.8 Å². The minimum absolute atomic E-state index is 0.708. The third-order valence-corrected chi connectivity index (χ3v) is 4.97. The third-order valence-electron chi connectivity index (χ3n) is 4.97. The first kappa shape index (κ1) is 16.2. The first-order chi connectivity index (χ1) is 11.2. The molecule has 4 nitrogen and oxygen atoms in total. The number of benzene rings is 1. The molecular weight excluding hydrogens is 284 g/mol. The highest BCUT2D eigenvalue weighted by atomic mass is 15.2. The predicted molar refractivity (Wildman–Crippen MR) is 93.9 cm³/mol. The van der Waals surface area contributed by atoms with E-state index < -0.39 is 0 Å². The van der Waals surface area contributed by atoms with Gasteiger partial charge < -0.3 is 9.88 Å². The van der Waals surface area contributed by atoms with Gasteiger partial charge in [0, 0.05) is 38.9 Å². The first-order valence-corrected chi connectivity index (χ1v) is 8.71. The lowest BCUT2D eigenvalue weighted by Gasteiger charge is -2.33. The van der Waals surface area contributed by atoms with Crippen molar-refractivity contribution in [2.24, 2.45) is 7.05 Å². The van der Waals surface area contributed by atoms with Crippen LogP contribution < -0.4 is 5.32 Å². The van der Waals surface area contributed by atoms with Crippen molar-refractivity contribution in [2.75, 3.05) is 6.54 Å². The average molecular weight is 312 g/mol. The molecule has 2 aromatic rings. The molecule has 23 heavy (non-hydrogen) atoms. The second kappa shape index (κ2) is 7.75. The highest BCUT2D eigenvalue weighted by molar-refractivity contribution is 5.27. The minimum Gasteiger partial charge on any atom is -0.337 e. The van der Waals surface area contributed by atoms with Crippen LogP contribution in [-0.4, -0.2) is 27.0 Å². The average Bonchev–Trinajstić information content (AvgIpc) is 2.96. The van der Waals surface area contributed by atoms with Crippen LogP contribution in [0.25, 0.3) is 0 Å². The number of piperidine rings is 1. The zero-order valence-corrected chi connectivity index (χ0v) is 14.3. The molecule has 1 aliphatic heterocycles. The fraction of sp³-hybridized carbons (Fsp3) is 0.526. The smallest absolute Gasteiger partial charge is 0.0945 e. The second-order valence-electron chi connectivity index (χ2n) is 6.68. The van der Waals surface area contributed by atoms with E-state index in [1.165, 1.54) is 42.6 Å². The van der Waals surface area contributed by atoms with Crippen molar-refractivity contribution in [1.29, 1.82) is 0 Å². The number of rotatable bonds is 6.